The number of halogens is 2. The molecule has 0 aliphatic carbocycles. The number of carbonyl (C=O) groups excluding carboxylic acids is 2. The smallest absolute Gasteiger partial charge is 0.307 e. The normalized spacial score (nSPS) is 17.2. The van der Waals surface area contributed by atoms with Gasteiger partial charge in [0.2, 0.25) is 0 Å². The summed E-state index contributed by atoms with van der Waals surface area (Å²) in [7, 11) is 2.04. The Morgan fingerprint density at radius 2 is 1.84 bits per heavy atom. The lowest BCUT2D eigenvalue weighted by atomic mass is 10.0. The molecule has 0 spiro atoms. The number of esters is 1. The number of nitro benzene ring substituents is 1. The Kier molecular flexibility index (Phi) is 9.92. The Morgan fingerprint density at radius 1 is 1.23 bits per heavy atom. The average Bonchev–Trinajstić information content (AvgIpc) is 2.75. The predicted molar refractivity (Wildman–Crippen MR) is 115 cm³/mol. The number of ether oxygens (including phenoxy) is 1. The number of alkyl halides is 2. The van der Waals surface area contributed by atoms with E-state index >= 15 is 0 Å². The third-order valence-electron chi connectivity index (χ3n) is 5.00. The van der Waals surface area contributed by atoms with Crippen molar-refractivity contribution in [3.05, 3.63) is 39.9 Å². The molecule has 0 bridgehead atoms. The molecular weight excluding hydrogens is 451 g/mol. The van der Waals surface area contributed by atoms with E-state index < -0.39 is 33.8 Å². The standard InChI is InChI=1S/C19H26Cl2N4O6/c1-23-8-10-24(11-9-23)7-6-16(26)31-12-15(22-19(28)18(20)21)17(27)13-2-4-14(5-3-13)25(29)30/h2-5,15,17-18,27H,6-12H2,1H3,(H,22,28). The molecule has 10 nitrogen and oxygen atoms in total. The van der Waals surface area contributed by atoms with Gasteiger partial charge in [-0.15, -0.1) is 0 Å². The molecule has 1 heterocycles. The van der Waals surface area contributed by atoms with Crippen LogP contribution in [-0.4, -0.2) is 89.0 Å². The molecule has 2 N–H and O–H groups in total. The molecule has 2 atom stereocenters. The number of nitrogens with zero attached hydrogens (tertiary/aromatic N) is 3. The number of hydrogen-bond acceptors (Lipinski definition) is 8. The summed E-state index contributed by atoms with van der Waals surface area (Å²) in [5.41, 5.74) is 0.151. The van der Waals surface area contributed by atoms with Crippen molar-refractivity contribution in [2.24, 2.45) is 0 Å². The van der Waals surface area contributed by atoms with Crippen LogP contribution >= 0.6 is 23.2 Å². The monoisotopic (exact) mass is 476 g/mol. The lowest BCUT2D eigenvalue weighted by molar-refractivity contribution is -0.384. The van der Waals surface area contributed by atoms with E-state index in [2.05, 4.69) is 15.1 Å². The van der Waals surface area contributed by atoms with Crippen LogP contribution in [0.5, 0.6) is 0 Å². The lowest BCUT2D eigenvalue weighted by Crippen LogP contribution is -2.46. The van der Waals surface area contributed by atoms with Crippen LogP contribution in [0, 0.1) is 10.1 Å². The first kappa shape index (κ1) is 25.3. The van der Waals surface area contributed by atoms with Crippen molar-refractivity contribution in [2.45, 2.75) is 23.4 Å². The maximum atomic E-state index is 12.2. The summed E-state index contributed by atoms with van der Waals surface area (Å²) >= 11 is 11.1. The third-order valence-corrected chi connectivity index (χ3v) is 5.40. The number of hydrogen-bond donors (Lipinski definition) is 2. The van der Waals surface area contributed by atoms with Gasteiger partial charge >= 0.3 is 5.97 Å². The van der Waals surface area contributed by atoms with Gasteiger partial charge in [-0.05, 0) is 24.7 Å². The predicted octanol–water partition coefficient (Wildman–Crippen LogP) is 1.10. The topological polar surface area (TPSA) is 125 Å². The zero-order valence-electron chi connectivity index (χ0n) is 17.1. The van der Waals surface area contributed by atoms with Crippen LogP contribution in [0.1, 0.15) is 18.1 Å². The van der Waals surface area contributed by atoms with E-state index in [1.807, 2.05) is 7.05 Å². The number of piperazine rings is 1. The summed E-state index contributed by atoms with van der Waals surface area (Å²) in [5, 5.41) is 23.9. The van der Waals surface area contributed by atoms with Gasteiger partial charge in [0.25, 0.3) is 11.6 Å². The van der Waals surface area contributed by atoms with Crippen LogP contribution in [-0.2, 0) is 14.3 Å². The number of nitrogens with one attached hydrogen (secondary N) is 1. The number of nitro groups is 1. The van der Waals surface area contributed by atoms with E-state index in [0.29, 0.717) is 12.1 Å². The molecule has 1 amide bonds. The Hall–Kier alpha value is -1.98. The first-order valence-electron chi connectivity index (χ1n) is 9.75. The zero-order valence-corrected chi connectivity index (χ0v) is 18.6. The van der Waals surface area contributed by atoms with Gasteiger partial charge in [0, 0.05) is 44.9 Å². The highest BCUT2D eigenvalue weighted by Crippen LogP contribution is 2.21. The average molecular weight is 477 g/mol. The third kappa shape index (κ3) is 8.23. The SMILES string of the molecule is CN1CCN(CCC(=O)OCC(NC(=O)C(Cl)Cl)C(O)c2ccc([N+](=O)[O-])cc2)CC1. The minimum atomic E-state index is -1.38. The van der Waals surface area contributed by atoms with Gasteiger partial charge in [-0.25, -0.2) is 0 Å². The van der Waals surface area contributed by atoms with E-state index in [9.17, 15) is 24.8 Å². The van der Waals surface area contributed by atoms with Gasteiger partial charge in [-0.3, -0.25) is 19.7 Å². The van der Waals surface area contributed by atoms with Gasteiger partial charge < -0.3 is 25.0 Å². The number of amides is 1. The lowest BCUT2D eigenvalue weighted by Gasteiger charge is -2.32. The number of aliphatic hydroxyl groups is 1. The van der Waals surface area contributed by atoms with Crippen LogP contribution in [0.2, 0.25) is 0 Å². The summed E-state index contributed by atoms with van der Waals surface area (Å²) in [6.45, 7) is 3.85. The summed E-state index contributed by atoms with van der Waals surface area (Å²) < 4.78 is 5.26. The second-order valence-electron chi connectivity index (χ2n) is 7.29. The molecule has 0 radical (unpaired) electrons. The van der Waals surface area contributed by atoms with Crippen LogP contribution in [0.15, 0.2) is 24.3 Å². The molecule has 0 saturated carbocycles. The summed E-state index contributed by atoms with van der Waals surface area (Å²) in [6, 6.07) is 4.13. The molecule has 1 aromatic carbocycles. The van der Waals surface area contributed by atoms with Crippen molar-refractivity contribution in [2.75, 3.05) is 46.4 Å². The van der Waals surface area contributed by atoms with Crippen LogP contribution in [0.25, 0.3) is 0 Å². The molecule has 172 valence electrons. The molecule has 2 rings (SSSR count). The summed E-state index contributed by atoms with van der Waals surface area (Å²) in [6.07, 6.45) is -1.13. The second kappa shape index (κ2) is 12.2. The van der Waals surface area contributed by atoms with E-state index in [-0.39, 0.29) is 18.7 Å². The first-order chi connectivity index (χ1) is 14.7. The van der Waals surface area contributed by atoms with E-state index in [1.165, 1.54) is 24.3 Å². The van der Waals surface area contributed by atoms with Crippen LogP contribution in [0.4, 0.5) is 5.69 Å². The van der Waals surface area contributed by atoms with E-state index in [1.54, 1.807) is 0 Å². The zero-order chi connectivity index (χ0) is 23.0. The number of non-ortho nitro benzene ring substituents is 1. The number of rotatable bonds is 10. The highest BCUT2D eigenvalue weighted by atomic mass is 35.5. The van der Waals surface area contributed by atoms with Crippen molar-refractivity contribution in [3.8, 4) is 0 Å². The van der Waals surface area contributed by atoms with Gasteiger partial charge in [0.05, 0.1) is 17.4 Å². The Labute approximate surface area is 190 Å². The Morgan fingerprint density at radius 3 is 2.39 bits per heavy atom. The minimum absolute atomic E-state index is 0.145. The van der Waals surface area contributed by atoms with E-state index in [0.717, 1.165) is 26.2 Å². The summed E-state index contributed by atoms with van der Waals surface area (Å²) in [5.74, 6) is -1.23. The Balaban J connectivity index is 1.94. The molecule has 1 fully saturated rings. The van der Waals surface area contributed by atoms with Gasteiger partial charge in [0.15, 0.2) is 4.84 Å². The highest BCUT2D eigenvalue weighted by Gasteiger charge is 2.27. The van der Waals surface area contributed by atoms with Crippen molar-refractivity contribution in [1.29, 1.82) is 0 Å². The number of aliphatic hydroxyl groups excluding tert-OH is 1. The fourth-order valence-electron chi connectivity index (χ4n) is 3.06. The van der Waals surface area contributed by atoms with Crippen molar-refractivity contribution < 1.29 is 24.4 Å². The van der Waals surface area contributed by atoms with Gasteiger partial charge in [-0.2, -0.15) is 0 Å². The summed E-state index contributed by atoms with van der Waals surface area (Å²) in [4.78, 5) is 37.3. The largest absolute Gasteiger partial charge is 0.463 e. The quantitative estimate of drug-likeness (QED) is 0.222. The molecular formula is C19H26Cl2N4O6. The van der Waals surface area contributed by atoms with Crippen LogP contribution in [0.3, 0.4) is 0 Å². The van der Waals surface area contributed by atoms with E-state index in [4.69, 9.17) is 27.9 Å². The maximum absolute atomic E-state index is 12.2. The second-order valence-corrected chi connectivity index (χ2v) is 8.38. The molecule has 1 saturated heterocycles. The molecule has 0 aromatic heterocycles. The highest BCUT2D eigenvalue weighted by molar-refractivity contribution is 6.53. The fraction of sp³-hybridized carbons (Fsp3) is 0.579. The Bertz CT molecular complexity index is 756. The minimum Gasteiger partial charge on any atom is -0.463 e. The number of benzene rings is 1. The first-order valence-corrected chi connectivity index (χ1v) is 10.6. The fourth-order valence-corrected chi connectivity index (χ4v) is 3.18. The molecule has 31 heavy (non-hydrogen) atoms. The van der Waals surface area contributed by atoms with Gasteiger partial charge in [-0.1, -0.05) is 23.2 Å². The number of carbonyl (C=O) groups is 2. The van der Waals surface area contributed by atoms with Crippen LogP contribution < -0.4 is 5.32 Å². The van der Waals surface area contributed by atoms with Crippen molar-refractivity contribution in [3.63, 3.8) is 0 Å². The number of likely N-dealkylation sites (N-methyl/N-ethyl adjacent to an activating group) is 1. The van der Waals surface area contributed by atoms with Crippen molar-refractivity contribution in [1.82, 2.24) is 15.1 Å². The molecule has 1 aromatic rings. The maximum Gasteiger partial charge on any atom is 0.307 e. The van der Waals surface area contributed by atoms with Gasteiger partial charge in [0.1, 0.15) is 12.7 Å². The molecule has 2 unspecified atom stereocenters. The molecule has 1 aliphatic heterocycles. The molecule has 12 heteroatoms. The van der Waals surface area contributed by atoms with Crippen molar-refractivity contribution >= 4 is 40.8 Å². The molecule has 1 aliphatic rings.